The molecule has 0 radical (unpaired) electrons. The number of carboxylic acids is 1. The average Bonchev–Trinajstić information content (AvgIpc) is 3.16. The lowest BCUT2D eigenvalue weighted by Gasteiger charge is -2.39. The molecule has 1 saturated heterocycles. The Hall–Kier alpha value is -3.50. The van der Waals surface area contributed by atoms with Gasteiger partial charge in [0.25, 0.3) is 0 Å². The van der Waals surface area contributed by atoms with Crippen molar-refractivity contribution in [3.63, 3.8) is 0 Å². The van der Waals surface area contributed by atoms with Gasteiger partial charge in [-0.2, -0.15) is 5.26 Å². The maximum absolute atomic E-state index is 12.3. The fourth-order valence-corrected chi connectivity index (χ4v) is 4.42. The second-order valence-corrected chi connectivity index (χ2v) is 7.95. The summed E-state index contributed by atoms with van der Waals surface area (Å²) in [5.41, 5.74) is 5.25. The molecule has 1 unspecified atom stereocenters. The number of carboxylic acid groups (broad SMARTS) is 1. The molecular formula is C24H26N4O3. The molecule has 0 amide bonds. The molecular weight excluding hydrogens is 392 g/mol. The predicted molar refractivity (Wildman–Crippen MR) is 119 cm³/mol. The average molecular weight is 418 g/mol. The molecule has 3 aromatic rings. The number of aryl methyl sites for hydroxylation is 2. The zero-order valence-corrected chi connectivity index (χ0v) is 17.8. The van der Waals surface area contributed by atoms with Crippen LogP contribution in [0.15, 0.2) is 42.6 Å². The van der Waals surface area contributed by atoms with Crippen molar-refractivity contribution in [2.24, 2.45) is 0 Å². The van der Waals surface area contributed by atoms with Gasteiger partial charge in [-0.15, -0.1) is 0 Å². The van der Waals surface area contributed by atoms with Crippen molar-refractivity contribution < 1.29 is 14.6 Å². The highest BCUT2D eigenvalue weighted by Crippen LogP contribution is 2.32. The van der Waals surface area contributed by atoms with E-state index >= 15 is 0 Å². The van der Waals surface area contributed by atoms with E-state index in [0.29, 0.717) is 24.4 Å². The molecule has 1 atom stereocenters. The summed E-state index contributed by atoms with van der Waals surface area (Å²) < 4.78 is 5.41. The number of fused-ring (bicyclic) bond motifs is 1. The zero-order chi connectivity index (χ0) is 22.0. The number of carbonyl (C=O) groups is 1. The zero-order valence-electron chi connectivity index (χ0n) is 17.8. The number of ether oxygens (including phenoxy) is 1. The number of nitrogens with one attached hydrogen (secondary N) is 1. The van der Waals surface area contributed by atoms with Gasteiger partial charge in [0.15, 0.2) is 6.61 Å². The van der Waals surface area contributed by atoms with E-state index < -0.39 is 12.0 Å². The van der Waals surface area contributed by atoms with Crippen LogP contribution in [0.4, 0.5) is 5.69 Å². The summed E-state index contributed by atoms with van der Waals surface area (Å²) in [6.07, 6.45) is 1.77. The van der Waals surface area contributed by atoms with Crippen LogP contribution in [0.25, 0.3) is 10.9 Å². The number of aliphatic carboxylic acids is 1. The second kappa shape index (κ2) is 8.70. The SMILES string of the molecule is Cc1ccc(N2CCN(C(C(=O)O)c3c[nH]c4ccc(OCC#N)cc34)CC2)c(C)c1. The van der Waals surface area contributed by atoms with Crippen molar-refractivity contribution in [3.8, 4) is 11.8 Å². The van der Waals surface area contributed by atoms with Crippen molar-refractivity contribution in [2.75, 3.05) is 37.7 Å². The van der Waals surface area contributed by atoms with Gasteiger partial charge < -0.3 is 19.7 Å². The van der Waals surface area contributed by atoms with Gasteiger partial charge in [0, 0.05) is 54.5 Å². The summed E-state index contributed by atoms with van der Waals surface area (Å²) in [6, 6.07) is 13.1. The Morgan fingerprint density at radius 3 is 2.65 bits per heavy atom. The molecule has 2 heterocycles. The minimum atomic E-state index is -0.871. The number of hydrogen-bond acceptors (Lipinski definition) is 5. The third-order valence-corrected chi connectivity index (χ3v) is 5.89. The van der Waals surface area contributed by atoms with E-state index in [0.717, 1.165) is 24.0 Å². The lowest BCUT2D eigenvalue weighted by Crippen LogP contribution is -2.49. The number of rotatable bonds is 6. The van der Waals surface area contributed by atoms with E-state index in [9.17, 15) is 9.90 Å². The van der Waals surface area contributed by atoms with Gasteiger partial charge in [0.05, 0.1) is 0 Å². The van der Waals surface area contributed by atoms with Gasteiger partial charge >= 0.3 is 5.97 Å². The van der Waals surface area contributed by atoms with E-state index in [-0.39, 0.29) is 6.61 Å². The topological polar surface area (TPSA) is 92.6 Å². The number of aromatic amines is 1. The smallest absolute Gasteiger partial charge is 0.325 e. The maximum Gasteiger partial charge on any atom is 0.325 e. The first-order chi connectivity index (χ1) is 15.0. The fraction of sp³-hybridized carbons (Fsp3) is 0.333. The van der Waals surface area contributed by atoms with Crippen LogP contribution in [0.1, 0.15) is 22.7 Å². The molecule has 0 saturated carbocycles. The maximum atomic E-state index is 12.3. The van der Waals surface area contributed by atoms with Crippen LogP contribution in [0.2, 0.25) is 0 Å². The molecule has 1 aliphatic rings. The summed E-state index contributed by atoms with van der Waals surface area (Å²) in [6.45, 7) is 7.01. The van der Waals surface area contributed by atoms with Crippen LogP contribution < -0.4 is 9.64 Å². The summed E-state index contributed by atoms with van der Waals surface area (Å²) in [7, 11) is 0. The van der Waals surface area contributed by atoms with Gasteiger partial charge in [-0.3, -0.25) is 9.69 Å². The van der Waals surface area contributed by atoms with Crippen molar-refractivity contribution in [2.45, 2.75) is 19.9 Å². The highest BCUT2D eigenvalue weighted by Gasteiger charge is 2.32. The van der Waals surface area contributed by atoms with Crippen LogP contribution in [-0.2, 0) is 4.79 Å². The number of piperazine rings is 1. The van der Waals surface area contributed by atoms with Crippen molar-refractivity contribution in [1.82, 2.24) is 9.88 Å². The van der Waals surface area contributed by atoms with Crippen molar-refractivity contribution in [1.29, 1.82) is 5.26 Å². The second-order valence-electron chi connectivity index (χ2n) is 7.95. The Labute approximate surface area is 181 Å². The fourth-order valence-electron chi connectivity index (χ4n) is 4.42. The number of anilines is 1. The van der Waals surface area contributed by atoms with Gasteiger partial charge in [-0.1, -0.05) is 17.7 Å². The number of nitriles is 1. The molecule has 1 fully saturated rings. The number of nitrogens with zero attached hydrogens (tertiary/aromatic N) is 3. The molecule has 7 nitrogen and oxygen atoms in total. The summed E-state index contributed by atoms with van der Waals surface area (Å²) in [5.74, 6) is -0.317. The van der Waals surface area contributed by atoms with E-state index in [1.165, 1.54) is 16.8 Å². The van der Waals surface area contributed by atoms with Crippen LogP contribution in [0.3, 0.4) is 0 Å². The molecule has 31 heavy (non-hydrogen) atoms. The van der Waals surface area contributed by atoms with Crippen molar-refractivity contribution in [3.05, 3.63) is 59.3 Å². The normalized spacial score (nSPS) is 15.6. The highest BCUT2D eigenvalue weighted by molar-refractivity contribution is 5.90. The molecule has 2 aromatic carbocycles. The number of aromatic nitrogens is 1. The molecule has 0 aliphatic carbocycles. The Balaban J connectivity index is 1.56. The lowest BCUT2D eigenvalue weighted by molar-refractivity contribution is -0.143. The predicted octanol–water partition coefficient (Wildman–Crippen LogP) is 3.64. The Morgan fingerprint density at radius 2 is 1.97 bits per heavy atom. The molecule has 7 heteroatoms. The van der Waals surface area contributed by atoms with Gasteiger partial charge in [-0.05, 0) is 43.7 Å². The Kier molecular flexibility index (Phi) is 5.83. The van der Waals surface area contributed by atoms with Gasteiger partial charge in [-0.25, -0.2) is 0 Å². The van der Waals surface area contributed by atoms with E-state index in [1.54, 1.807) is 18.3 Å². The lowest BCUT2D eigenvalue weighted by atomic mass is 10.0. The molecule has 0 bridgehead atoms. The monoisotopic (exact) mass is 418 g/mol. The quantitative estimate of drug-likeness (QED) is 0.635. The van der Waals surface area contributed by atoms with E-state index in [2.05, 4.69) is 41.9 Å². The van der Waals surface area contributed by atoms with Crippen LogP contribution in [0.5, 0.6) is 5.75 Å². The summed E-state index contributed by atoms with van der Waals surface area (Å²) in [4.78, 5) is 19.8. The minimum absolute atomic E-state index is 0.0476. The molecule has 4 rings (SSSR count). The summed E-state index contributed by atoms with van der Waals surface area (Å²) in [5, 5.41) is 19.6. The first kappa shape index (κ1) is 20.8. The first-order valence-electron chi connectivity index (χ1n) is 10.4. The molecule has 1 aromatic heterocycles. The third-order valence-electron chi connectivity index (χ3n) is 5.89. The molecule has 160 valence electrons. The van der Waals surface area contributed by atoms with Gasteiger partial charge in [0.1, 0.15) is 17.9 Å². The summed E-state index contributed by atoms with van der Waals surface area (Å²) >= 11 is 0. The number of H-pyrrole nitrogens is 1. The molecule has 2 N–H and O–H groups in total. The highest BCUT2D eigenvalue weighted by atomic mass is 16.5. The number of benzene rings is 2. The van der Waals surface area contributed by atoms with E-state index in [1.807, 2.05) is 17.0 Å². The first-order valence-corrected chi connectivity index (χ1v) is 10.4. The van der Waals surface area contributed by atoms with Crippen LogP contribution in [-0.4, -0.2) is 53.7 Å². The standard InChI is InChI=1S/C24H26N4O3/c1-16-3-6-22(17(2)13-16)27-8-10-28(11-9-27)23(24(29)30)20-15-26-21-5-4-18(14-19(20)21)31-12-7-25/h3-6,13-15,23,26H,8-12H2,1-2H3,(H,29,30). The van der Waals surface area contributed by atoms with Crippen LogP contribution >= 0.6 is 0 Å². The molecule has 0 spiro atoms. The third kappa shape index (κ3) is 4.21. The number of hydrogen-bond donors (Lipinski definition) is 2. The minimum Gasteiger partial charge on any atom is -0.480 e. The van der Waals surface area contributed by atoms with E-state index in [4.69, 9.17) is 10.00 Å². The van der Waals surface area contributed by atoms with Gasteiger partial charge in [0.2, 0.25) is 0 Å². The Bertz CT molecular complexity index is 1140. The van der Waals surface area contributed by atoms with Crippen molar-refractivity contribution >= 4 is 22.6 Å². The largest absolute Gasteiger partial charge is 0.480 e. The van der Waals surface area contributed by atoms with Crippen LogP contribution in [0, 0.1) is 25.2 Å². The molecule has 1 aliphatic heterocycles. The Morgan fingerprint density at radius 1 is 1.19 bits per heavy atom.